The second kappa shape index (κ2) is 7.31. The van der Waals surface area contributed by atoms with Crippen molar-refractivity contribution in [2.24, 2.45) is 0 Å². The molecule has 144 valence electrons. The lowest BCUT2D eigenvalue weighted by molar-refractivity contribution is -0.126. The van der Waals surface area contributed by atoms with Gasteiger partial charge in [-0.2, -0.15) is 0 Å². The second-order valence-corrected chi connectivity index (χ2v) is 7.48. The summed E-state index contributed by atoms with van der Waals surface area (Å²) in [4.78, 5) is 31.2. The number of hydrogen-bond donors (Lipinski definition) is 1. The molecular weight excluding hydrogens is 347 g/mol. The molecule has 1 N–H and O–H groups in total. The molecule has 0 unspecified atom stereocenters. The van der Waals surface area contributed by atoms with Crippen LogP contribution in [0.3, 0.4) is 0 Å². The summed E-state index contributed by atoms with van der Waals surface area (Å²) in [6, 6.07) is 5.19. The minimum Gasteiger partial charge on any atom is -0.332 e. The van der Waals surface area contributed by atoms with Crippen molar-refractivity contribution in [3.63, 3.8) is 0 Å². The molecule has 0 aliphatic carbocycles. The minimum atomic E-state index is -0.531. The topological polar surface area (TPSA) is 55.9 Å². The molecule has 1 fully saturated rings. The maximum Gasteiger partial charge on any atom is 0.322 e. The van der Waals surface area contributed by atoms with Gasteiger partial charge in [0.15, 0.2) is 0 Å². The Morgan fingerprint density at radius 1 is 1.07 bits per heavy atom. The van der Waals surface area contributed by atoms with Gasteiger partial charge in [-0.25, -0.2) is 9.18 Å². The van der Waals surface area contributed by atoms with Crippen LogP contribution < -0.4 is 5.32 Å². The van der Waals surface area contributed by atoms with Crippen LogP contribution in [0.1, 0.15) is 30.9 Å². The van der Waals surface area contributed by atoms with Crippen molar-refractivity contribution >= 4 is 11.9 Å². The first-order chi connectivity index (χ1) is 13.0. The van der Waals surface area contributed by atoms with E-state index in [1.54, 1.807) is 19.2 Å². The molecule has 6 nitrogen and oxygen atoms in total. The number of likely N-dealkylation sites (tertiary alicyclic amines) is 1. The summed E-state index contributed by atoms with van der Waals surface area (Å²) in [7, 11) is 1.69. The third-order valence-corrected chi connectivity index (χ3v) is 5.77. The zero-order chi connectivity index (χ0) is 19.0. The van der Waals surface area contributed by atoms with Gasteiger partial charge in [-0.15, -0.1) is 0 Å². The smallest absolute Gasteiger partial charge is 0.322 e. The quantitative estimate of drug-likeness (QED) is 0.881. The van der Waals surface area contributed by atoms with E-state index in [0.717, 1.165) is 30.9 Å². The van der Waals surface area contributed by atoms with Gasteiger partial charge in [0, 0.05) is 20.1 Å². The molecule has 1 atom stereocenters. The molecule has 0 radical (unpaired) electrons. The summed E-state index contributed by atoms with van der Waals surface area (Å²) >= 11 is 0. The highest BCUT2D eigenvalue weighted by Crippen LogP contribution is 2.35. The molecule has 0 saturated carbocycles. The van der Waals surface area contributed by atoms with Crippen LogP contribution in [0.2, 0.25) is 0 Å². The van der Waals surface area contributed by atoms with Crippen molar-refractivity contribution in [1.82, 2.24) is 20.0 Å². The molecule has 0 aromatic heterocycles. The van der Waals surface area contributed by atoms with E-state index in [2.05, 4.69) is 10.2 Å². The molecule has 1 saturated heterocycles. The van der Waals surface area contributed by atoms with Crippen LogP contribution in [0, 0.1) is 5.82 Å². The van der Waals surface area contributed by atoms with Gasteiger partial charge in [0.2, 0.25) is 0 Å². The van der Waals surface area contributed by atoms with Gasteiger partial charge in [-0.05, 0) is 43.6 Å². The number of carbonyl (C=O) groups is 2. The lowest BCUT2D eigenvalue weighted by Gasteiger charge is -2.31. The SMILES string of the molecule is CN1C(=O)N[C@H](c2ccc(F)cc2)C2=C1CN(CCN1CCCCC1)C2=O. The zero-order valence-corrected chi connectivity index (χ0v) is 15.6. The fourth-order valence-electron chi connectivity index (χ4n) is 4.15. The van der Waals surface area contributed by atoms with Gasteiger partial charge < -0.3 is 15.1 Å². The van der Waals surface area contributed by atoms with E-state index in [4.69, 9.17) is 0 Å². The molecule has 3 aliphatic heterocycles. The highest BCUT2D eigenvalue weighted by Gasteiger charge is 2.42. The van der Waals surface area contributed by atoms with Crippen molar-refractivity contribution < 1.29 is 14.0 Å². The Labute approximate surface area is 158 Å². The Bertz CT molecular complexity index is 771. The molecule has 3 heterocycles. The van der Waals surface area contributed by atoms with Crippen LogP contribution in [-0.4, -0.2) is 66.4 Å². The summed E-state index contributed by atoms with van der Waals surface area (Å²) < 4.78 is 13.3. The number of halogens is 1. The first kappa shape index (κ1) is 18.0. The van der Waals surface area contributed by atoms with Crippen LogP contribution in [0.5, 0.6) is 0 Å². The summed E-state index contributed by atoms with van der Waals surface area (Å²) in [5, 5.41) is 2.88. The normalized spacial score (nSPS) is 23.7. The fourth-order valence-corrected chi connectivity index (χ4v) is 4.15. The van der Waals surface area contributed by atoms with E-state index >= 15 is 0 Å². The number of likely N-dealkylation sites (N-methyl/N-ethyl adjacent to an activating group) is 1. The van der Waals surface area contributed by atoms with Crippen LogP contribution in [0.15, 0.2) is 35.5 Å². The van der Waals surface area contributed by atoms with E-state index in [1.807, 2.05) is 4.90 Å². The molecule has 27 heavy (non-hydrogen) atoms. The summed E-state index contributed by atoms with van der Waals surface area (Å²) in [6.07, 6.45) is 3.72. The van der Waals surface area contributed by atoms with Gasteiger partial charge in [0.25, 0.3) is 5.91 Å². The number of piperidine rings is 1. The van der Waals surface area contributed by atoms with Gasteiger partial charge >= 0.3 is 6.03 Å². The number of nitrogens with zero attached hydrogens (tertiary/aromatic N) is 3. The number of nitrogens with one attached hydrogen (secondary N) is 1. The van der Waals surface area contributed by atoms with Crippen molar-refractivity contribution in [2.45, 2.75) is 25.3 Å². The average Bonchev–Trinajstić information content (AvgIpc) is 3.01. The highest BCUT2D eigenvalue weighted by atomic mass is 19.1. The molecule has 3 amide bonds. The third kappa shape index (κ3) is 3.43. The van der Waals surface area contributed by atoms with Gasteiger partial charge in [-0.3, -0.25) is 9.69 Å². The summed E-state index contributed by atoms with van der Waals surface area (Å²) in [5.41, 5.74) is 2.07. The zero-order valence-electron chi connectivity index (χ0n) is 15.6. The summed E-state index contributed by atoms with van der Waals surface area (Å²) in [6.45, 7) is 4.15. The number of rotatable bonds is 4. The molecule has 0 spiro atoms. The van der Waals surface area contributed by atoms with E-state index in [-0.39, 0.29) is 17.8 Å². The second-order valence-electron chi connectivity index (χ2n) is 7.48. The molecule has 0 bridgehead atoms. The Balaban J connectivity index is 1.53. The van der Waals surface area contributed by atoms with E-state index in [1.165, 1.54) is 36.3 Å². The number of benzene rings is 1. The van der Waals surface area contributed by atoms with E-state index in [9.17, 15) is 14.0 Å². The minimum absolute atomic E-state index is 0.0387. The molecule has 1 aromatic rings. The van der Waals surface area contributed by atoms with Crippen molar-refractivity contribution in [3.05, 3.63) is 46.9 Å². The van der Waals surface area contributed by atoms with E-state index < -0.39 is 6.04 Å². The monoisotopic (exact) mass is 372 g/mol. The fraction of sp³-hybridized carbons (Fsp3) is 0.500. The van der Waals surface area contributed by atoms with Gasteiger partial charge in [0.1, 0.15) is 5.82 Å². The number of amides is 3. The standard InChI is InChI=1S/C20H25FN4O2/c1-23-16-13-25(12-11-24-9-3-2-4-10-24)19(26)17(16)18(22-20(23)27)14-5-7-15(21)8-6-14/h5-8,18H,2-4,9-13H2,1H3,(H,22,27)/t18-/m1/s1. The summed E-state index contributed by atoms with van der Waals surface area (Å²) in [5.74, 6) is -0.378. The Hall–Kier alpha value is -2.41. The Kier molecular flexibility index (Phi) is 4.86. The lowest BCUT2D eigenvalue weighted by atomic mass is 9.96. The predicted octanol–water partition coefficient (Wildman–Crippen LogP) is 2.10. The van der Waals surface area contributed by atoms with Crippen LogP contribution in [0.4, 0.5) is 9.18 Å². The molecule has 7 heteroatoms. The van der Waals surface area contributed by atoms with E-state index in [0.29, 0.717) is 18.7 Å². The molecular formula is C20H25FN4O2. The predicted molar refractivity (Wildman–Crippen MR) is 99.3 cm³/mol. The lowest BCUT2D eigenvalue weighted by Crippen LogP contribution is -2.45. The maximum absolute atomic E-state index is 13.3. The number of hydrogen-bond acceptors (Lipinski definition) is 3. The largest absolute Gasteiger partial charge is 0.332 e. The first-order valence-electron chi connectivity index (χ1n) is 9.59. The third-order valence-electron chi connectivity index (χ3n) is 5.77. The highest BCUT2D eigenvalue weighted by molar-refractivity contribution is 6.01. The number of carbonyl (C=O) groups excluding carboxylic acids is 2. The number of urea groups is 1. The van der Waals surface area contributed by atoms with Crippen molar-refractivity contribution in [2.75, 3.05) is 39.8 Å². The van der Waals surface area contributed by atoms with Crippen LogP contribution in [0.25, 0.3) is 0 Å². The van der Waals surface area contributed by atoms with Crippen molar-refractivity contribution in [3.8, 4) is 0 Å². The Morgan fingerprint density at radius 2 is 1.78 bits per heavy atom. The van der Waals surface area contributed by atoms with Crippen molar-refractivity contribution in [1.29, 1.82) is 0 Å². The van der Waals surface area contributed by atoms with Gasteiger partial charge in [0.05, 0.1) is 23.9 Å². The molecule has 1 aromatic carbocycles. The van der Waals surface area contributed by atoms with Crippen LogP contribution >= 0.6 is 0 Å². The first-order valence-corrected chi connectivity index (χ1v) is 9.59. The average molecular weight is 372 g/mol. The molecule has 4 rings (SSSR count). The van der Waals surface area contributed by atoms with Gasteiger partial charge in [-0.1, -0.05) is 18.6 Å². The maximum atomic E-state index is 13.3. The molecule has 3 aliphatic rings. The Morgan fingerprint density at radius 3 is 2.48 bits per heavy atom. The van der Waals surface area contributed by atoms with Crippen LogP contribution in [-0.2, 0) is 4.79 Å².